The smallest absolute Gasteiger partial charge is 0.320 e. The number of amides is 2. The summed E-state index contributed by atoms with van der Waals surface area (Å²) in [5, 5.41) is 12.1. The summed E-state index contributed by atoms with van der Waals surface area (Å²) >= 11 is 0. The summed E-state index contributed by atoms with van der Waals surface area (Å²) in [5.74, 6) is -0.844. The van der Waals surface area contributed by atoms with Gasteiger partial charge in [0.05, 0.1) is 6.42 Å². The fourth-order valence-electron chi connectivity index (χ4n) is 2.59. The van der Waals surface area contributed by atoms with Crippen LogP contribution in [0.2, 0.25) is 0 Å². The molecule has 2 fully saturated rings. The van der Waals surface area contributed by atoms with E-state index in [9.17, 15) is 9.59 Å². The zero-order chi connectivity index (χ0) is 13.8. The molecule has 1 aliphatic carbocycles. The van der Waals surface area contributed by atoms with Crippen LogP contribution in [0.25, 0.3) is 0 Å². The third-order valence-corrected chi connectivity index (χ3v) is 3.96. The molecule has 19 heavy (non-hydrogen) atoms. The summed E-state index contributed by atoms with van der Waals surface area (Å²) in [4.78, 5) is 26.7. The summed E-state index contributed by atoms with van der Waals surface area (Å²) < 4.78 is 0. The van der Waals surface area contributed by atoms with Crippen molar-refractivity contribution in [2.45, 2.75) is 44.2 Å². The first kappa shape index (κ1) is 14.1. The molecule has 0 atom stereocenters. The Morgan fingerprint density at radius 3 is 2.32 bits per heavy atom. The number of carbonyl (C=O) groups is 2. The van der Waals surface area contributed by atoms with Crippen LogP contribution in [-0.2, 0) is 4.79 Å². The van der Waals surface area contributed by atoms with Gasteiger partial charge in [0.2, 0.25) is 0 Å². The molecule has 1 heterocycles. The average Bonchev–Trinajstić information content (AvgIpc) is 3.23. The van der Waals surface area contributed by atoms with E-state index in [2.05, 4.69) is 5.32 Å². The summed E-state index contributed by atoms with van der Waals surface area (Å²) in [6.45, 7) is 2.22. The van der Waals surface area contributed by atoms with Crippen molar-refractivity contribution in [2.24, 2.45) is 0 Å². The van der Waals surface area contributed by atoms with Gasteiger partial charge in [-0.05, 0) is 38.8 Å². The summed E-state index contributed by atoms with van der Waals surface area (Å²) in [6, 6.07) is 0.534. The molecule has 2 aliphatic rings. The molecular formula is C13H23N3O3. The minimum atomic E-state index is -0.844. The molecule has 2 N–H and O–H groups in total. The molecule has 0 radical (unpaired) electrons. The molecule has 0 aromatic carbocycles. The van der Waals surface area contributed by atoms with Crippen molar-refractivity contribution in [2.75, 3.05) is 26.7 Å². The number of rotatable bonds is 5. The molecule has 0 aromatic heterocycles. The van der Waals surface area contributed by atoms with E-state index >= 15 is 0 Å². The first-order valence-corrected chi connectivity index (χ1v) is 7.05. The third-order valence-electron chi connectivity index (χ3n) is 3.96. The maximum absolute atomic E-state index is 12.5. The Balaban J connectivity index is 1.91. The Labute approximate surface area is 113 Å². The number of hydrogen-bond donors (Lipinski definition) is 2. The van der Waals surface area contributed by atoms with Gasteiger partial charge in [-0.3, -0.25) is 4.79 Å². The maximum Gasteiger partial charge on any atom is 0.320 e. The Morgan fingerprint density at radius 1 is 1.16 bits per heavy atom. The van der Waals surface area contributed by atoms with E-state index in [0.29, 0.717) is 6.54 Å². The molecular weight excluding hydrogens is 246 g/mol. The molecule has 0 bridgehead atoms. The largest absolute Gasteiger partial charge is 0.481 e. The predicted molar refractivity (Wildman–Crippen MR) is 71.0 cm³/mol. The van der Waals surface area contributed by atoms with Crippen molar-refractivity contribution < 1.29 is 14.7 Å². The van der Waals surface area contributed by atoms with Crippen LogP contribution in [0.5, 0.6) is 0 Å². The number of urea groups is 1. The molecule has 2 rings (SSSR count). The fraction of sp³-hybridized carbons (Fsp3) is 0.846. The predicted octanol–water partition coefficient (Wildman–Crippen LogP) is 0.729. The van der Waals surface area contributed by atoms with Gasteiger partial charge in [-0.1, -0.05) is 0 Å². The fourth-order valence-corrected chi connectivity index (χ4v) is 2.59. The van der Waals surface area contributed by atoms with Crippen molar-refractivity contribution in [1.29, 1.82) is 0 Å². The van der Waals surface area contributed by atoms with Gasteiger partial charge >= 0.3 is 12.0 Å². The minimum Gasteiger partial charge on any atom is -0.481 e. The SMILES string of the molecule is CN(C(=O)N(CCC(=O)O)C1CC1)C1CCNCC1. The highest BCUT2D eigenvalue weighted by molar-refractivity contribution is 5.76. The lowest BCUT2D eigenvalue weighted by Crippen LogP contribution is -2.50. The Bertz CT molecular complexity index is 338. The van der Waals surface area contributed by atoms with Gasteiger partial charge in [0, 0.05) is 25.7 Å². The quantitative estimate of drug-likeness (QED) is 0.771. The van der Waals surface area contributed by atoms with Gasteiger partial charge in [-0.25, -0.2) is 4.79 Å². The summed E-state index contributed by atoms with van der Waals surface area (Å²) in [5.41, 5.74) is 0. The Hall–Kier alpha value is -1.30. The molecule has 1 saturated heterocycles. The average molecular weight is 269 g/mol. The van der Waals surface area contributed by atoms with Crippen LogP contribution in [0.4, 0.5) is 4.79 Å². The number of nitrogens with zero attached hydrogens (tertiary/aromatic N) is 2. The zero-order valence-electron chi connectivity index (χ0n) is 11.5. The first-order valence-electron chi connectivity index (χ1n) is 7.05. The second kappa shape index (κ2) is 6.23. The van der Waals surface area contributed by atoms with Crippen LogP contribution in [-0.4, -0.2) is 65.7 Å². The molecule has 2 amide bonds. The van der Waals surface area contributed by atoms with Crippen LogP contribution in [0.1, 0.15) is 32.1 Å². The molecule has 1 saturated carbocycles. The van der Waals surface area contributed by atoms with Crippen LogP contribution in [0.15, 0.2) is 0 Å². The van der Waals surface area contributed by atoms with Gasteiger partial charge in [0.15, 0.2) is 0 Å². The van der Waals surface area contributed by atoms with E-state index in [4.69, 9.17) is 5.11 Å². The van der Waals surface area contributed by atoms with Gasteiger partial charge in [0.1, 0.15) is 0 Å². The van der Waals surface area contributed by atoms with E-state index in [-0.39, 0.29) is 24.5 Å². The van der Waals surface area contributed by atoms with E-state index in [1.807, 2.05) is 7.05 Å². The lowest BCUT2D eigenvalue weighted by molar-refractivity contribution is -0.137. The highest BCUT2D eigenvalue weighted by atomic mass is 16.4. The van der Waals surface area contributed by atoms with Crippen LogP contribution >= 0.6 is 0 Å². The van der Waals surface area contributed by atoms with E-state index < -0.39 is 5.97 Å². The molecule has 6 heteroatoms. The Kier molecular flexibility index (Phi) is 4.63. The Morgan fingerprint density at radius 2 is 1.79 bits per heavy atom. The zero-order valence-corrected chi connectivity index (χ0v) is 11.5. The summed E-state index contributed by atoms with van der Waals surface area (Å²) in [7, 11) is 1.84. The highest BCUT2D eigenvalue weighted by Crippen LogP contribution is 2.28. The first-order chi connectivity index (χ1) is 9.09. The lowest BCUT2D eigenvalue weighted by atomic mass is 10.1. The number of hydrogen-bond acceptors (Lipinski definition) is 3. The molecule has 0 aromatic rings. The van der Waals surface area contributed by atoms with Gasteiger partial charge in [-0.15, -0.1) is 0 Å². The van der Waals surface area contributed by atoms with Crippen molar-refractivity contribution in [3.63, 3.8) is 0 Å². The van der Waals surface area contributed by atoms with Crippen molar-refractivity contribution in [1.82, 2.24) is 15.1 Å². The number of carboxylic acid groups (broad SMARTS) is 1. The number of carboxylic acids is 1. The minimum absolute atomic E-state index is 0.00403. The summed E-state index contributed by atoms with van der Waals surface area (Å²) in [6.07, 6.45) is 3.98. The van der Waals surface area contributed by atoms with Crippen LogP contribution in [0, 0.1) is 0 Å². The van der Waals surface area contributed by atoms with Crippen LogP contribution < -0.4 is 5.32 Å². The number of carbonyl (C=O) groups excluding carboxylic acids is 1. The van der Waals surface area contributed by atoms with Crippen molar-refractivity contribution in [3.8, 4) is 0 Å². The van der Waals surface area contributed by atoms with E-state index in [1.165, 1.54) is 0 Å². The van der Waals surface area contributed by atoms with Gasteiger partial charge in [0.25, 0.3) is 0 Å². The molecule has 0 unspecified atom stereocenters. The highest BCUT2D eigenvalue weighted by Gasteiger charge is 2.35. The molecule has 108 valence electrons. The van der Waals surface area contributed by atoms with Crippen molar-refractivity contribution in [3.05, 3.63) is 0 Å². The normalized spacial score (nSPS) is 20.1. The number of aliphatic carboxylic acids is 1. The number of piperidine rings is 1. The second-order valence-corrected chi connectivity index (χ2v) is 5.44. The topological polar surface area (TPSA) is 72.9 Å². The third kappa shape index (κ3) is 3.83. The molecule has 0 spiro atoms. The molecule has 1 aliphatic heterocycles. The second-order valence-electron chi connectivity index (χ2n) is 5.44. The lowest BCUT2D eigenvalue weighted by Gasteiger charge is -2.35. The standard InChI is InChI=1S/C13H23N3O3/c1-15(10-4-7-14-8-5-10)13(19)16(11-2-3-11)9-6-12(17)18/h10-11,14H,2-9H2,1H3,(H,17,18). The maximum atomic E-state index is 12.5. The van der Waals surface area contributed by atoms with Crippen molar-refractivity contribution >= 4 is 12.0 Å². The van der Waals surface area contributed by atoms with E-state index in [1.54, 1.807) is 9.80 Å². The molecule has 6 nitrogen and oxygen atoms in total. The van der Waals surface area contributed by atoms with Crippen LogP contribution in [0.3, 0.4) is 0 Å². The monoisotopic (exact) mass is 269 g/mol. The van der Waals surface area contributed by atoms with E-state index in [0.717, 1.165) is 38.8 Å². The van der Waals surface area contributed by atoms with Gasteiger partial charge in [-0.2, -0.15) is 0 Å². The van der Waals surface area contributed by atoms with Gasteiger partial charge < -0.3 is 20.2 Å². The number of nitrogens with one attached hydrogen (secondary N) is 1.